The van der Waals surface area contributed by atoms with Crippen molar-refractivity contribution >= 4 is 50.5 Å². The molecule has 0 radical (unpaired) electrons. The molecule has 0 fully saturated rings. The fourth-order valence-electron chi connectivity index (χ4n) is 0.514. The van der Waals surface area contributed by atoms with Gasteiger partial charge >= 0.3 is 0 Å². The summed E-state index contributed by atoms with van der Waals surface area (Å²) in [5.74, 6) is 0. The number of oxime groups is 2. The van der Waals surface area contributed by atoms with Crippen LogP contribution in [-0.2, 0) is 8.64 Å². The van der Waals surface area contributed by atoms with Gasteiger partial charge < -0.3 is 18.6 Å². The molecule has 10 heteroatoms. The molecule has 0 aliphatic rings. The van der Waals surface area contributed by atoms with Gasteiger partial charge in [0.05, 0.1) is 11.4 Å². The molecule has 0 amide bonds. The van der Waals surface area contributed by atoms with E-state index in [1.165, 1.54) is 0 Å². The normalized spacial score (nSPS) is 12.4. The fourth-order valence-corrected chi connectivity index (χ4v) is 2.50. The van der Waals surface area contributed by atoms with Crippen molar-refractivity contribution in [2.75, 3.05) is 0 Å². The van der Waals surface area contributed by atoms with E-state index in [-0.39, 0.29) is 29.3 Å². The van der Waals surface area contributed by atoms with Crippen molar-refractivity contribution in [1.29, 1.82) is 0 Å². The van der Waals surface area contributed by atoms with E-state index in [9.17, 15) is 0 Å². The van der Waals surface area contributed by atoms with Crippen LogP contribution in [0.4, 0.5) is 0 Å². The molecule has 0 aliphatic carbocycles. The average Bonchev–Trinajstić information content (AvgIpc) is 2.54. The zero-order valence-corrected chi connectivity index (χ0v) is 21.5. The zero-order chi connectivity index (χ0) is 18.2. The summed E-state index contributed by atoms with van der Waals surface area (Å²) < 4.78 is 10.0. The first kappa shape index (κ1) is 29.7. The summed E-state index contributed by atoms with van der Waals surface area (Å²) in [7, 11) is -0.958. The second-order valence-corrected chi connectivity index (χ2v) is 8.14. The second kappa shape index (κ2) is 32.6. The van der Waals surface area contributed by atoms with Gasteiger partial charge in [0.25, 0.3) is 9.76 Å². The standard InChI is InChI=1S/C5H13NOSi.C4H9NO.C2H10OSi2.CH6OSi/c1-4-5(2)6-7-8-3;1-3-4(2)5-6;1-4-3-5-2;1-3-2/h4,8H2,1-3H3;6H,3H2,1-2H3;4-5H2,1-2H3;2H,3H2,1H3/b6-5+;5-4+;;. The third-order valence-electron chi connectivity index (χ3n) is 1.95. The van der Waals surface area contributed by atoms with Gasteiger partial charge in [-0.1, -0.05) is 38.6 Å². The largest absolute Gasteiger partial charge is 0.466 e. The Balaban J connectivity index is -0.000000104. The van der Waals surface area contributed by atoms with Gasteiger partial charge in [0.1, 0.15) is 19.5 Å². The summed E-state index contributed by atoms with van der Waals surface area (Å²) in [5.41, 5.74) is 1.86. The van der Waals surface area contributed by atoms with Crippen LogP contribution in [0.5, 0.6) is 0 Å². The van der Waals surface area contributed by atoms with Crippen LogP contribution >= 0.6 is 0 Å². The zero-order valence-electron chi connectivity index (χ0n) is 15.8. The Morgan fingerprint density at radius 1 is 0.909 bits per heavy atom. The molecule has 0 saturated carbocycles. The van der Waals surface area contributed by atoms with Crippen LogP contribution < -0.4 is 0 Å². The van der Waals surface area contributed by atoms with E-state index in [1.807, 2.05) is 20.4 Å². The van der Waals surface area contributed by atoms with Crippen molar-refractivity contribution in [1.82, 2.24) is 0 Å². The van der Waals surface area contributed by atoms with E-state index in [0.29, 0.717) is 0 Å². The van der Waals surface area contributed by atoms with Gasteiger partial charge in [0.15, 0.2) is 9.76 Å². The van der Waals surface area contributed by atoms with E-state index in [0.717, 1.165) is 24.3 Å². The molecule has 0 aliphatic heterocycles. The quantitative estimate of drug-likeness (QED) is 0.302. The molecule has 0 atom stereocenters. The Morgan fingerprint density at radius 2 is 1.32 bits per heavy atom. The molecule has 136 valence electrons. The van der Waals surface area contributed by atoms with Gasteiger partial charge in [-0.3, -0.25) is 0 Å². The molecule has 2 N–H and O–H groups in total. The maximum absolute atomic E-state index is 7.92. The molecule has 0 saturated heterocycles. The van der Waals surface area contributed by atoms with Crippen molar-refractivity contribution in [3.05, 3.63) is 0 Å². The van der Waals surface area contributed by atoms with E-state index in [4.69, 9.17) is 18.6 Å². The van der Waals surface area contributed by atoms with Crippen LogP contribution in [0.3, 0.4) is 0 Å². The molecule has 0 aromatic rings. The Hall–Kier alpha value is -0.272. The maximum Gasteiger partial charge on any atom is 0.254 e. The highest BCUT2D eigenvalue weighted by atomic mass is 28.3. The van der Waals surface area contributed by atoms with Crippen LogP contribution in [0.25, 0.3) is 0 Å². The molecule has 0 heterocycles. The van der Waals surface area contributed by atoms with Crippen LogP contribution in [0.2, 0.25) is 26.2 Å². The number of nitrogens with zero attached hydrogens (tertiary/aromatic N) is 2. The van der Waals surface area contributed by atoms with Crippen LogP contribution in [0, 0.1) is 0 Å². The Kier molecular flexibility index (Phi) is 44.0. The molecule has 0 rings (SSSR count). The first-order chi connectivity index (χ1) is 10.4. The van der Waals surface area contributed by atoms with E-state index < -0.39 is 9.76 Å². The van der Waals surface area contributed by atoms with Crippen LogP contribution in [-0.4, -0.2) is 60.5 Å². The fraction of sp³-hybridized carbons (Fsp3) is 0.833. The number of hydrogen-bond donors (Lipinski definition) is 2. The topological polar surface area (TPSA) is 83.6 Å². The minimum absolute atomic E-state index is 0.0243. The molecule has 22 heavy (non-hydrogen) atoms. The van der Waals surface area contributed by atoms with Crippen molar-refractivity contribution in [2.45, 2.75) is 66.7 Å². The van der Waals surface area contributed by atoms with Crippen LogP contribution in [0.15, 0.2) is 10.3 Å². The average molecular weight is 387 g/mol. The third kappa shape index (κ3) is 50.3. The monoisotopic (exact) mass is 386 g/mol. The molecular formula is C12H38N2O4Si4. The lowest BCUT2D eigenvalue weighted by Crippen LogP contribution is -1.92. The lowest BCUT2D eigenvalue weighted by molar-refractivity contribution is 0.317. The first-order valence-corrected chi connectivity index (χ1v) is 16.0. The van der Waals surface area contributed by atoms with E-state index in [1.54, 1.807) is 6.92 Å². The summed E-state index contributed by atoms with van der Waals surface area (Å²) in [4.78, 5) is 7.71. The molecule has 0 spiro atoms. The predicted octanol–water partition coefficient (Wildman–Crippen LogP) is 0.545. The molecule has 0 bridgehead atoms. The van der Waals surface area contributed by atoms with Crippen molar-refractivity contribution < 1.29 is 18.6 Å². The molecule has 0 aromatic carbocycles. The van der Waals surface area contributed by atoms with E-state index in [2.05, 4.69) is 36.9 Å². The van der Waals surface area contributed by atoms with Gasteiger partial charge in [0.2, 0.25) is 0 Å². The number of hydrogen-bond acceptors (Lipinski definition) is 6. The highest BCUT2D eigenvalue weighted by molar-refractivity contribution is 6.40. The van der Waals surface area contributed by atoms with Crippen molar-refractivity contribution in [3.63, 3.8) is 0 Å². The Labute approximate surface area is 146 Å². The van der Waals surface area contributed by atoms with Crippen LogP contribution in [0.1, 0.15) is 40.5 Å². The second-order valence-electron chi connectivity index (χ2n) is 3.88. The molecular weight excluding hydrogens is 348 g/mol. The minimum Gasteiger partial charge on any atom is -0.466 e. The highest BCUT2D eigenvalue weighted by Crippen LogP contribution is 1.83. The van der Waals surface area contributed by atoms with E-state index >= 15 is 0 Å². The van der Waals surface area contributed by atoms with Gasteiger partial charge in [-0.15, -0.1) is 5.16 Å². The SMILES string of the molecule is CC/C(C)=N/O.CC/C(C)=N/O[SiH2]C.C[SiH2]O.C[SiH2]O[SiH2]C. The van der Waals surface area contributed by atoms with Crippen molar-refractivity contribution in [2.24, 2.45) is 10.3 Å². The summed E-state index contributed by atoms with van der Waals surface area (Å²) in [5, 5.41) is 14.7. The molecule has 6 nitrogen and oxygen atoms in total. The van der Waals surface area contributed by atoms with Gasteiger partial charge in [-0.2, -0.15) is 0 Å². The summed E-state index contributed by atoms with van der Waals surface area (Å²) in [6.45, 7) is 16.0. The highest BCUT2D eigenvalue weighted by Gasteiger charge is 1.82. The lowest BCUT2D eigenvalue weighted by Gasteiger charge is -1.93. The first-order valence-electron chi connectivity index (χ1n) is 7.96. The van der Waals surface area contributed by atoms with Gasteiger partial charge in [-0.25, -0.2) is 0 Å². The summed E-state index contributed by atoms with van der Waals surface area (Å²) in [6, 6.07) is 0. The smallest absolute Gasteiger partial charge is 0.254 e. The summed E-state index contributed by atoms with van der Waals surface area (Å²) in [6.07, 6.45) is 1.82. The van der Waals surface area contributed by atoms with Crippen molar-refractivity contribution in [3.8, 4) is 0 Å². The minimum atomic E-state index is -0.583. The number of rotatable bonds is 6. The summed E-state index contributed by atoms with van der Waals surface area (Å²) >= 11 is 0. The molecule has 0 aromatic heterocycles. The van der Waals surface area contributed by atoms with Gasteiger partial charge in [0, 0.05) is 0 Å². The lowest BCUT2D eigenvalue weighted by atomic mass is 10.3. The Bertz CT molecular complexity index is 243. The third-order valence-corrected chi connectivity index (χ3v) is 5.61. The molecule has 0 unspecified atom stereocenters. The maximum atomic E-state index is 7.92. The predicted molar refractivity (Wildman–Crippen MR) is 111 cm³/mol. The Morgan fingerprint density at radius 3 is 1.45 bits per heavy atom. The van der Waals surface area contributed by atoms with Gasteiger partial charge in [-0.05, 0) is 33.2 Å².